The molecule has 28 heavy (non-hydrogen) atoms. The summed E-state index contributed by atoms with van der Waals surface area (Å²) in [6, 6.07) is 20.4. The third-order valence-corrected chi connectivity index (χ3v) is 5.80. The highest BCUT2D eigenvalue weighted by atomic mass is 79.9. The van der Waals surface area contributed by atoms with Gasteiger partial charge in [-0.05, 0) is 51.8 Å². The van der Waals surface area contributed by atoms with Crippen LogP contribution >= 0.6 is 31.9 Å². The van der Waals surface area contributed by atoms with Crippen molar-refractivity contribution in [3.63, 3.8) is 0 Å². The molecule has 0 saturated carbocycles. The van der Waals surface area contributed by atoms with Gasteiger partial charge in [0.15, 0.2) is 17.7 Å². The van der Waals surface area contributed by atoms with E-state index >= 15 is 0 Å². The van der Waals surface area contributed by atoms with Crippen LogP contribution in [0.4, 0.5) is 5.69 Å². The lowest BCUT2D eigenvalue weighted by Gasteiger charge is -2.34. The molecule has 144 valence electrons. The smallest absolute Gasteiger partial charge is 0.174 e. The maximum absolute atomic E-state index is 6.52. The van der Waals surface area contributed by atoms with Crippen molar-refractivity contribution < 1.29 is 14.2 Å². The van der Waals surface area contributed by atoms with E-state index in [0.29, 0.717) is 11.5 Å². The molecule has 1 aliphatic rings. The number of rotatable bonds is 4. The number of anilines is 1. The number of methoxy groups -OCH3 is 2. The van der Waals surface area contributed by atoms with Gasteiger partial charge in [-0.3, -0.25) is 0 Å². The number of nitrogens with one attached hydrogen (secondary N) is 1. The molecule has 0 unspecified atom stereocenters. The predicted octanol–water partition coefficient (Wildman–Crippen LogP) is 6.46. The first kappa shape index (κ1) is 19.3. The summed E-state index contributed by atoms with van der Waals surface area (Å²) in [5.74, 6) is 1.31. The number of fused-ring (bicyclic) bond motifs is 1. The molecule has 2 atom stereocenters. The maximum Gasteiger partial charge on any atom is 0.174 e. The molecule has 1 heterocycles. The zero-order valence-electron chi connectivity index (χ0n) is 15.4. The summed E-state index contributed by atoms with van der Waals surface area (Å²) in [5.41, 5.74) is 4.18. The SMILES string of the molecule is COc1cc([C@@H]2Nc3ccc(Br)cc3[C@@H](c3ccccc3)O2)cc(Br)c1OC. The minimum Gasteiger partial charge on any atom is -0.493 e. The maximum atomic E-state index is 6.52. The van der Waals surface area contributed by atoms with Crippen LogP contribution in [0.2, 0.25) is 0 Å². The van der Waals surface area contributed by atoms with Gasteiger partial charge in [0, 0.05) is 21.3 Å². The lowest BCUT2D eigenvalue weighted by molar-refractivity contribution is 0.0155. The molecule has 0 radical (unpaired) electrons. The molecule has 0 spiro atoms. The molecule has 3 aromatic rings. The van der Waals surface area contributed by atoms with E-state index in [0.717, 1.165) is 31.3 Å². The Hall–Kier alpha value is -2.02. The summed E-state index contributed by atoms with van der Waals surface area (Å²) >= 11 is 7.15. The normalized spacial score (nSPS) is 18.1. The van der Waals surface area contributed by atoms with E-state index in [1.54, 1.807) is 14.2 Å². The first-order valence-electron chi connectivity index (χ1n) is 8.78. The van der Waals surface area contributed by atoms with E-state index in [1.807, 2.05) is 36.4 Å². The standard InChI is InChI=1S/C22H19Br2NO3/c1-26-19-11-14(10-17(24)21(19)27-2)22-25-18-9-8-15(23)12-16(18)20(28-22)13-6-4-3-5-7-13/h3-12,20,22,25H,1-2H3/t20-,22-/m1/s1. The van der Waals surface area contributed by atoms with Gasteiger partial charge in [0.25, 0.3) is 0 Å². The third kappa shape index (κ3) is 3.64. The van der Waals surface area contributed by atoms with Crippen molar-refractivity contribution in [1.29, 1.82) is 0 Å². The topological polar surface area (TPSA) is 39.7 Å². The van der Waals surface area contributed by atoms with Crippen LogP contribution in [0, 0.1) is 0 Å². The van der Waals surface area contributed by atoms with E-state index < -0.39 is 0 Å². The molecule has 3 aromatic carbocycles. The Morgan fingerprint density at radius 3 is 2.39 bits per heavy atom. The quantitative estimate of drug-likeness (QED) is 0.442. The van der Waals surface area contributed by atoms with E-state index in [4.69, 9.17) is 14.2 Å². The first-order valence-corrected chi connectivity index (χ1v) is 10.4. The summed E-state index contributed by atoms with van der Waals surface area (Å²) in [6.07, 6.45) is -0.526. The fourth-order valence-electron chi connectivity index (χ4n) is 3.40. The fraction of sp³-hybridized carbons (Fsp3) is 0.182. The van der Waals surface area contributed by atoms with Gasteiger partial charge >= 0.3 is 0 Å². The lowest BCUT2D eigenvalue weighted by atomic mass is 9.97. The van der Waals surface area contributed by atoms with E-state index in [2.05, 4.69) is 61.4 Å². The second-order valence-electron chi connectivity index (χ2n) is 6.42. The molecular formula is C22H19Br2NO3. The average Bonchev–Trinajstić information content (AvgIpc) is 2.73. The van der Waals surface area contributed by atoms with Crippen LogP contribution < -0.4 is 14.8 Å². The summed E-state index contributed by atoms with van der Waals surface area (Å²) in [6.45, 7) is 0. The molecule has 0 amide bonds. The molecule has 1 N–H and O–H groups in total. The lowest BCUT2D eigenvalue weighted by Crippen LogP contribution is -2.25. The second-order valence-corrected chi connectivity index (χ2v) is 8.19. The highest BCUT2D eigenvalue weighted by molar-refractivity contribution is 9.10. The van der Waals surface area contributed by atoms with Crippen molar-refractivity contribution in [3.8, 4) is 11.5 Å². The minimum absolute atomic E-state index is 0.188. The predicted molar refractivity (Wildman–Crippen MR) is 117 cm³/mol. The molecule has 0 aromatic heterocycles. The van der Waals surface area contributed by atoms with Crippen LogP contribution in [0.15, 0.2) is 69.6 Å². The van der Waals surface area contributed by atoms with Gasteiger partial charge in [-0.15, -0.1) is 0 Å². The average molecular weight is 505 g/mol. The number of ether oxygens (including phenoxy) is 3. The van der Waals surface area contributed by atoms with Gasteiger partial charge in [0.1, 0.15) is 6.10 Å². The zero-order valence-corrected chi connectivity index (χ0v) is 18.6. The fourth-order valence-corrected chi connectivity index (χ4v) is 4.40. The summed E-state index contributed by atoms with van der Waals surface area (Å²) in [4.78, 5) is 0. The minimum atomic E-state index is -0.338. The highest BCUT2D eigenvalue weighted by Crippen LogP contribution is 2.45. The van der Waals surface area contributed by atoms with Crippen molar-refractivity contribution in [2.75, 3.05) is 19.5 Å². The number of hydrogen-bond donors (Lipinski definition) is 1. The van der Waals surface area contributed by atoms with Crippen molar-refractivity contribution in [3.05, 3.63) is 86.3 Å². The summed E-state index contributed by atoms with van der Waals surface area (Å²) < 4.78 is 19.3. The Kier molecular flexibility index (Phi) is 5.62. The van der Waals surface area contributed by atoms with Crippen molar-refractivity contribution in [1.82, 2.24) is 0 Å². The molecule has 1 aliphatic heterocycles. The molecule has 4 rings (SSSR count). The largest absolute Gasteiger partial charge is 0.493 e. The first-order chi connectivity index (χ1) is 13.6. The Balaban J connectivity index is 1.79. The Morgan fingerprint density at radius 2 is 1.68 bits per heavy atom. The Morgan fingerprint density at radius 1 is 0.893 bits per heavy atom. The van der Waals surface area contributed by atoms with E-state index in [9.17, 15) is 0 Å². The highest BCUT2D eigenvalue weighted by Gasteiger charge is 2.30. The summed E-state index contributed by atoms with van der Waals surface area (Å²) in [7, 11) is 3.25. The van der Waals surface area contributed by atoms with Crippen molar-refractivity contribution >= 4 is 37.5 Å². The Labute approximate surface area is 181 Å². The molecule has 0 saturated heterocycles. The molecular weight excluding hydrogens is 486 g/mol. The number of halogens is 2. The van der Waals surface area contributed by atoms with E-state index in [1.165, 1.54) is 0 Å². The third-order valence-electron chi connectivity index (χ3n) is 4.72. The summed E-state index contributed by atoms with van der Waals surface area (Å²) in [5, 5.41) is 3.50. The molecule has 0 aliphatic carbocycles. The van der Waals surface area contributed by atoms with Crippen LogP contribution in [-0.4, -0.2) is 14.2 Å². The van der Waals surface area contributed by atoms with Crippen LogP contribution in [0.3, 0.4) is 0 Å². The van der Waals surface area contributed by atoms with Crippen molar-refractivity contribution in [2.24, 2.45) is 0 Å². The van der Waals surface area contributed by atoms with Gasteiger partial charge in [0.05, 0.1) is 18.7 Å². The monoisotopic (exact) mass is 503 g/mol. The zero-order chi connectivity index (χ0) is 19.7. The molecule has 4 nitrogen and oxygen atoms in total. The van der Waals surface area contributed by atoms with Gasteiger partial charge in [-0.25, -0.2) is 0 Å². The van der Waals surface area contributed by atoms with Gasteiger partial charge in [-0.1, -0.05) is 46.3 Å². The van der Waals surface area contributed by atoms with Gasteiger partial charge in [0.2, 0.25) is 0 Å². The van der Waals surface area contributed by atoms with Crippen LogP contribution in [0.1, 0.15) is 29.0 Å². The van der Waals surface area contributed by atoms with Gasteiger partial charge < -0.3 is 19.5 Å². The Bertz CT molecular complexity index is 995. The van der Waals surface area contributed by atoms with Crippen LogP contribution in [0.25, 0.3) is 0 Å². The van der Waals surface area contributed by atoms with Gasteiger partial charge in [-0.2, -0.15) is 0 Å². The second kappa shape index (κ2) is 8.15. The molecule has 0 fully saturated rings. The molecule has 0 bridgehead atoms. The number of hydrogen-bond acceptors (Lipinski definition) is 4. The van der Waals surface area contributed by atoms with Crippen LogP contribution in [0.5, 0.6) is 11.5 Å². The molecule has 6 heteroatoms. The number of benzene rings is 3. The van der Waals surface area contributed by atoms with Crippen molar-refractivity contribution in [2.45, 2.75) is 12.3 Å². The van der Waals surface area contributed by atoms with Crippen LogP contribution in [-0.2, 0) is 4.74 Å². The van der Waals surface area contributed by atoms with E-state index in [-0.39, 0.29) is 12.3 Å².